The molecule has 3 rings (SSSR count). The molecule has 0 saturated carbocycles. The monoisotopic (exact) mass is 473 g/mol. The van der Waals surface area contributed by atoms with Crippen molar-refractivity contribution >= 4 is 57.3 Å². The number of nitrogens with zero attached hydrogens (tertiary/aromatic N) is 1. The quantitative estimate of drug-likeness (QED) is 0.181. The van der Waals surface area contributed by atoms with Crippen molar-refractivity contribution in [2.24, 2.45) is 0 Å². The number of aliphatic hydroxyl groups is 1. The molecule has 0 unspecified atom stereocenters. The number of hydrogen-bond donors (Lipinski definition) is 2. The van der Waals surface area contributed by atoms with E-state index in [0.29, 0.717) is 26.5 Å². The lowest BCUT2D eigenvalue weighted by molar-refractivity contribution is -0.575. The molecule has 7 heteroatoms. The van der Waals surface area contributed by atoms with E-state index in [-0.39, 0.29) is 11.2 Å². The van der Waals surface area contributed by atoms with Gasteiger partial charge in [-0.25, -0.2) is 0 Å². The van der Waals surface area contributed by atoms with Crippen molar-refractivity contribution in [3.8, 4) is 5.75 Å². The number of benzene rings is 1. The first-order valence-corrected chi connectivity index (χ1v) is 11.5. The first-order valence-electron chi connectivity index (χ1n) is 9.94. The van der Waals surface area contributed by atoms with E-state index in [1.807, 2.05) is 60.3 Å². The van der Waals surface area contributed by atoms with Gasteiger partial charge in [0.05, 0.1) is 15.8 Å². The van der Waals surface area contributed by atoms with Gasteiger partial charge in [0.1, 0.15) is 5.75 Å². The van der Waals surface area contributed by atoms with Crippen LogP contribution in [-0.2, 0) is 5.41 Å². The Morgan fingerprint density at radius 1 is 1.10 bits per heavy atom. The summed E-state index contributed by atoms with van der Waals surface area (Å²) in [6, 6.07) is 15.1. The summed E-state index contributed by atoms with van der Waals surface area (Å²) >= 11 is 13.1. The van der Waals surface area contributed by atoms with Gasteiger partial charge >= 0.3 is 0 Å². The Labute approximate surface area is 197 Å². The molecule has 0 aliphatic heterocycles. The maximum atomic E-state index is 11.1. The molecule has 0 bridgehead atoms. The summed E-state index contributed by atoms with van der Waals surface area (Å²) in [4.78, 5) is 1.03. The predicted molar refractivity (Wildman–Crippen MR) is 134 cm³/mol. The number of aromatic nitrogens is 1. The number of hydrogen-bond acceptors (Lipinski definition) is 4. The summed E-state index contributed by atoms with van der Waals surface area (Å²) in [6.45, 7) is 9.03. The maximum Gasteiger partial charge on any atom is 0.289 e. The fraction of sp³-hybridized carbons (Fsp3) is 0.250. The van der Waals surface area contributed by atoms with Crippen LogP contribution in [0.1, 0.15) is 38.1 Å². The lowest BCUT2D eigenvalue weighted by Gasteiger charge is -2.18. The Kier molecular flexibility index (Phi) is 7.36. The number of pyridine rings is 1. The number of aliphatic hydroxyl groups excluding tert-OH is 1. The number of anilines is 1. The normalized spacial score (nSPS) is 12.3. The molecule has 162 valence electrons. The molecule has 0 aliphatic carbocycles. The van der Waals surface area contributed by atoms with Gasteiger partial charge in [-0.2, -0.15) is 4.57 Å². The number of ether oxygens (including phenoxy) is 1. The summed E-state index contributed by atoms with van der Waals surface area (Å²) in [5.74, 6) is 0.854. The number of rotatable bonds is 6. The van der Waals surface area contributed by atoms with Crippen LogP contribution in [0.2, 0.25) is 4.34 Å². The van der Waals surface area contributed by atoms with E-state index < -0.39 is 0 Å². The zero-order valence-electron chi connectivity index (χ0n) is 18.0. The summed E-state index contributed by atoms with van der Waals surface area (Å²) < 4.78 is 7.91. The van der Waals surface area contributed by atoms with Crippen LogP contribution in [0.3, 0.4) is 0 Å². The van der Waals surface area contributed by atoms with Crippen LogP contribution in [0.5, 0.6) is 5.75 Å². The molecule has 0 radical (unpaired) electrons. The van der Waals surface area contributed by atoms with E-state index in [1.165, 1.54) is 16.9 Å². The molecule has 1 aromatic carbocycles. The van der Waals surface area contributed by atoms with Gasteiger partial charge in [0, 0.05) is 17.8 Å². The van der Waals surface area contributed by atoms with E-state index >= 15 is 0 Å². The lowest BCUT2D eigenvalue weighted by atomic mass is 9.88. The topological polar surface area (TPSA) is 45.4 Å². The average molecular weight is 474 g/mol. The van der Waals surface area contributed by atoms with Gasteiger partial charge in [-0.15, -0.1) is 11.3 Å². The first kappa shape index (κ1) is 23.3. The SMILES string of the molecule is CCOc1ccc(NC(=S)/C(=C(/O)c2ccc(Cl)s2)[n+]2ccc(C(C)(C)C)cc2)cc1. The van der Waals surface area contributed by atoms with E-state index in [4.69, 9.17) is 28.6 Å². The predicted octanol–water partition coefficient (Wildman–Crippen LogP) is 6.71. The Bertz CT molecular complexity index is 1080. The molecule has 0 aliphatic rings. The third-order valence-electron chi connectivity index (χ3n) is 4.62. The van der Waals surface area contributed by atoms with Crippen molar-refractivity contribution in [1.82, 2.24) is 0 Å². The molecule has 0 amide bonds. The zero-order valence-corrected chi connectivity index (χ0v) is 20.4. The number of thiocarbonyl (C=S) groups is 1. The lowest BCUT2D eigenvalue weighted by Crippen LogP contribution is -2.38. The van der Waals surface area contributed by atoms with Crippen molar-refractivity contribution in [2.75, 3.05) is 11.9 Å². The summed E-state index contributed by atoms with van der Waals surface area (Å²) in [5, 5.41) is 14.3. The number of thiophene rings is 1. The molecule has 2 N–H and O–H groups in total. The fourth-order valence-electron chi connectivity index (χ4n) is 2.97. The van der Waals surface area contributed by atoms with Crippen LogP contribution < -0.4 is 14.6 Å². The Balaban J connectivity index is 1.98. The van der Waals surface area contributed by atoms with Crippen molar-refractivity contribution in [1.29, 1.82) is 0 Å². The van der Waals surface area contributed by atoms with Crippen molar-refractivity contribution in [2.45, 2.75) is 33.1 Å². The van der Waals surface area contributed by atoms with Gasteiger partial charge in [0.25, 0.3) is 5.70 Å². The molecule has 0 saturated heterocycles. The third kappa shape index (κ3) is 5.85. The summed E-state index contributed by atoms with van der Waals surface area (Å²) in [5.41, 5.74) is 2.48. The van der Waals surface area contributed by atoms with E-state index in [9.17, 15) is 5.11 Å². The van der Waals surface area contributed by atoms with Crippen LogP contribution >= 0.6 is 35.2 Å². The molecule has 2 aromatic heterocycles. The third-order valence-corrected chi connectivity index (χ3v) is 6.16. The highest BCUT2D eigenvalue weighted by Gasteiger charge is 2.26. The van der Waals surface area contributed by atoms with Crippen LogP contribution in [0.15, 0.2) is 60.9 Å². The minimum absolute atomic E-state index is 0.0212. The van der Waals surface area contributed by atoms with Crippen LogP contribution in [-0.4, -0.2) is 16.7 Å². The van der Waals surface area contributed by atoms with E-state index in [1.54, 1.807) is 12.1 Å². The second kappa shape index (κ2) is 9.81. The molecule has 0 fully saturated rings. The van der Waals surface area contributed by atoms with E-state index in [0.717, 1.165) is 11.4 Å². The van der Waals surface area contributed by atoms with Crippen LogP contribution in [0.4, 0.5) is 5.69 Å². The highest BCUT2D eigenvalue weighted by atomic mass is 35.5. The van der Waals surface area contributed by atoms with Gasteiger partial charge in [0.2, 0.25) is 5.76 Å². The summed E-state index contributed by atoms with van der Waals surface area (Å²) in [6.07, 6.45) is 3.82. The minimum atomic E-state index is 0.0212. The molecule has 0 atom stereocenters. The van der Waals surface area contributed by atoms with E-state index in [2.05, 4.69) is 26.1 Å². The van der Waals surface area contributed by atoms with Crippen LogP contribution in [0.25, 0.3) is 11.5 Å². The van der Waals surface area contributed by atoms with Gasteiger partial charge in [-0.1, -0.05) is 44.6 Å². The average Bonchev–Trinajstić information content (AvgIpc) is 3.16. The van der Waals surface area contributed by atoms with Crippen LogP contribution in [0, 0.1) is 0 Å². The second-order valence-electron chi connectivity index (χ2n) is 7.96. The Morgan fingerprint density at radius 2 is 1.74 bits per heavy atom. The summed E-state index contributed by atoms with van der Waals surface area (Å²) in [7, 11) is 0. The molecule has 0 spiro atoms. The minimum Gasteiger partial charge on any atom is -0.501 e. The Morgan fingerprint density at radius 3 is 2.26 bits per heavy atom. The van der Waals surface area contributed by atoms with Gasteiger partial charge in [-0.05, 0) is 54.3 Å². The number of halogens is 1. The largest absolute Gasteiger partial charge is 0.501 e. The van der Waals surface area contributed by atoms with Gasteiger partial charge in [0.15, 0.2) is 17.4 Å². The molecule has 31 heavy (non-hydrogen) atoms. The molecular formula is C24H26ClN2O2S2+. The van der Waals surface area contributed by atoms with Crippen molar-refractivity contribution in [3.05, 3.63) is 75.7 Å². The van der Waals surface area contributed by atoms with Gasteiger partial charge < -0.3 is 15.2 Å². The molecule has 3 aromatic rings. The molecular weight excluding hydrogens is 448 g/mol. The van der Waals surface area contributed by atoms with Crippen molar-refractivity contribution in [3.63, 3.8) is 0 Å². The maximum absolute atomic E-state index is 11.1. The highest BCUT2D eigenvalue weighted by Crippen LogP contribution is 2.29. The first-order chi connectivity index (χ1) is 14.7. The zero-order chi connectivity index (χ0) is 22.6. The number of nitrogens with one attached hydrogen (secondary N) is 1. The fourth-order valence-corrected chi connectivity index (χ4v) is 4.28. The smallest absolute Gasteiger partial charge is 0.289 e. The van der Waals surface area contributed by atoms with Gasteiger partial charge in [-0.3, -0.25) is 0 Å². The molecule has 4 nitrogen and oxygen atoms in total. The Hall–Kier alpha value is -2.41. The standard InChI is InChI=1S/C24H25ClN2O2S2/c1-5-29-18-8-6-17(7-9-18)26-23(30)21(22(28)19-10-11-20(25)31-19)27-14-12-16(13-15-27)24(2,3)4/h6-15H,5H2,1-4H3,(H-,26,28,30)/p+1. The molecule has 2 heterocycles. The second-order valence-corrected chi connectivity index (χ2v) is 10.1. The highest BCUT2D eigenvalue weighted by molar-refractivity contribution is 7.81. The van der Waals surface area contributed by atoms with Crippen molar-refractivity contribution < 1.29 is 14.4 Å².